The Morgan fingerprint density at radius 3 is 0.902 bits per heavy atom. The molecule has 0 amide bonds. The van der Waals surface area contributed by atoms with E-state index in [9.17, 15) is 14.4 Å². The molecule has 356 valence electrons. The normalized spacial score (nSPS) is 12.2. The van der Waals surface area contributed by atoms with Crippen LogP contribution in [0, 0.1) is 0 Å². The van der Waals surface area contributed by atoms with Gasteiger partial charge in [0.2, 0.25) is 0 Å². The summed E-state index contributed by atoms with van der Waals surface area (Å²) >= 11 is 0. The molecule has 0 rings (SSSR count). The molecular formula is C55H100O6. The standard InChI is InChI=1S/C55H100O6/c1-4-7-10-13-16-19-22-24-26-27-28-30-31-33-36-39-42-45-48-54(57)60-51-52(50-59-53(56)47-44-41-38-35-21-18-15-12-9-6-3)61-55(58)49-46-43-40-37-34-32-29-25-23-20-17-14-11-8-5-2/h22,24,26-28,30,52H,4-21,23,25,29,31-51H2,1-3H3/b24-22-,27-26-,30-28-. The van der Waals surface area contributed by atoms with Gasteiger partial charge in [0.25, 0.3) is 0 Å². The van der Waals surface area contributed by atoms with Gasteiger partial charge < -0.3 is 14.2 Å². The molecule has 0 saturated heterocycles. The quantitative estimate of drug-likeness (QED) is 0.0262. The van der Waals surface area contributed by atoms with Crippen molar-refractivity contribution in [2.24, 2.45) is 0 Å². The number of ether oxygens (including phenoxy) is 3. The minimum Gasteiger partial charge on any atom is -0.462 e. The van der Waals surface area contributed by atoms with Crippen molar-refractivity contribution >= 4 is 17.9 Å². The average molecular weight is 857 g/mol. The average Bonchev–Trinajstić information content (AvgIpc) is 3.26. The predicted molar refractivity (Wildman–Crippen MR) is 261 cm³/mol. The molecule has 0 aliphatic heterocycles. The van der Waals surface area contributed by atoms with E-state index >= 15 is 0 Å². The van der Waals surface area contributed by atoms with E-state index in [2.05, 4.69) is 57.2 Å². The topological polar surface area (TPSA) is 78.9 Å². The third kappa shape index (κ3) is 48.5. The van der Waals surface area contributed by atoms with Gasteiger partial charge in [0.1, 0.15) is 13.2 Å². The van der Waals surface area contributed by atoms with Gasteiger partial charge in [-0.1, -0.05) is 250 Å². The minimum atomic E-state index is -0.774. The lowest BCUT2D eigenvalue weighted by Gasteiger charge is -2.18. The Morgan fingerprint density at radius 1 is 0.328 bits per heavy atom. The summed E-state index contributed by atoms with van der Waals surface area (Å²) in [5, 5.41) is 0. The second-order valence-corrected chi connectivity index (χ2v) is 17.9. The van der Waals surface area contributed by atoms with E-state index in [0.717, 1.165) is 77.0 Å². The largest absolute Gasteiger partial charge is 0.462 e. The maximum Gasteiger partial charge on any atom is 0.306 e. The van der Waals surface area contributed by atoms with Gasteiger partial charge in [-0.05, 0) is 44.9 Å². The Morgan fingerprint density at radius 2 is 0.590 bits per heavy atom. The van der Waals surface area contributed by atoms with Gasteiger partial charge in [0.15, 0.2) is 6.10 Å². The number of allylic oxidation sites excluding steroid dienone is 6. The van der Waals surface area contributed by atoms with Crippen LogP contribution in [0.25, 0.3) is 0 Å². The molecule has 0 bridgehead atoms. The highest BCUT2D eigenvalue weighted by Crippen LogP contribution is 2.16. The van der Waals surface area contributed by atoms with Crippen molar-refractivity contribution in [2.45, 2.75) is 284 Å². The first-order valence-corrected chi connectivity index (χ1v) is 26.5. The maximum atomic E-state index is 12.8. The van der Waals surface area contributed by atoms with Crippen molar-refractivity contribution in [3.8, 4) is 0 Å². The fourth-order valence-electron chi connectivity index (χ4n) is 7.68. The van der Waals surface area contributed by atoms with Crippen molar-refractivity contribution in [3.63, 3.8) is 0 Å². The summed E-state index contributed by atoms with van der Waals surface area (Å²) in [6, 6.07) is 0. The monoisotopic (exact) mass is 857 g/mol. The molecule has 0 saturated carbocycles. The second kappa shape index (κ2) is 50.3. The van der Waals surface area contributed by atoms with Gasteiger partial charge in [0.05, 0.1) is 0 Å². The second-order valence-electron chi connectivity index (χ2n) is 17.9. The van der Waals surface area contributed by atoms with Crippen LogP contribution in [0.3, 0.4) is 0 Å². The molecule has 0 fully saturated rings. The first-order valence-electron chi connectivity index (χ1n) is 26.5. The Balaban J connectivity index is 4.35. The molecule has 0 aromatic heterocycles. The molecule has 1 unspecified atom stereocenters. The summed E-state index contributed by atoms with van der Waals surface area (Å²) in [4.78, 5) is 37.9. The highest BCUT2D eigenvalue weighted by Gasteiger charge is 2.19. The van der Waals surface area contributed by atoms with Crippen LogP contribution in [0.2, 0.25) is 0 Å². The van der Waals surface area contributed by atoms with E-state index in [1.807, 2.05) is 0 Å². The summed E-state index contributed by atoms with van der Waals surface area (Å²) in [7, 11) is 0. The maximum absolute atomic E-state index is 12.8. The number of esters is 3. The summed E-state index contributed by atoms with van der Waals surface area (Å²) in [6.45, 7) is 6.62. The van der Waals surface area contributed by atoms with Crippen molar-refractivity contribution in [2.75, 3.05) is 13.2 Å². The summed E-state index contributed by atoms with van der Waals surface area (Å²) < 4.78 is 16.8. The predicted octanol–water partition coefficient (Wildman–Crippen LogP) is 17.3. The third-order valence-corrected chi connectivity index (χ3v) is 11.7. The molecule has 6 nitrogen and oxygen atoms in total. The van der Waals surface area contributed by atoms with Crippen molar-refractivity contribution in [1.29, 1.82) is 0 Å². The zero-order chi connectivity index (χ0) is 44.4. The number of carbonyl (C=O) groups excluding carboxylic acids is 3. The number of unbranched alkanes of at least 4 members (excludes halogenated alkanes) is 33. The van der Waals surface area contributed by atoms with E-state index in [1.54, 1.807) is 0 Å². The molecular weight excluding hydrogens is 757 g/mol. The van der Waals surface area contributed by atoms with Crippen LogP contribution in [-0.4, -0.2) is 37.2 Å². The number of carbonyl (C=O) groups is 3. The molecule has 0 aliphatic rings. The third-order valence-electron chi connectivity index (χ3n) is 11.7. The number of hydrogen-bond donors (Lipinski definition) is 0. The van der Waals surface area contributed by atoms with E-state index in [4.69, 9.17) is 14.2 Å². The molecule has 0 heterocycles. The minimum absolute atomic E-state index is 0.0748. The molecule has 0 radical (unpaired) electrons. The number of hydrogen-bond acceptors (Lipinski definition) is 6. The van der Waals surface area contributed by atoms with Gasteiger partial charge in [-0.2, -0.15) is 0 Å². The van der Waals surface area contributed by atoms with Crippen molar-refractivity contribution in [3.05, 3.63) is 36.5 Å². The smallest absolute Gasteiger partial charge is 0.306 e. The molecule has 6 heteroatoms. The fourth-order valence-corrected chi connectivity index (χ4v) is 7.68. The van der Waals surface area contributed by atoms with Crippen LogP contribution in [0.15, 0.2) is 36.5 Å². The van der Waals surface area contributed by atoms with Gasteiger partial charge in [-0.25, -0.2) is 0 Å². The highest BCUT2D eigenvalue weighted by atomic mass is 16.6. The molecule has 0 N–H and O–H groups in total. The van der Waals surface area contributed by atoms with Gasteiger partial charge in [-0.15, -0.1) is 0 Å². The van der Waals surface area contributed by atoms with E-state index in [1.165, 1.54) is 161 Å². The Kier molecular flexibility index (Phi) is 48.3. The van der Waals surface area contributed by atoms with Crippen LogP contribution in [0.4, 0.5) is 0 Å². The number of rotatable bonds is 48. The summed E-state index contributed by atoms with van der Waals surface area (Å²) in [5.74, 6) is -0.884. The Hall–Kier alpha value is -2.37. The summed E-state index contributed by atoms with van der Waals surface area (Å²) in [6.07, 6.45) is 58.4. The molecule has 0 aromatic rings. The van der Waals surface area contributed by atoms with Crippen LogP contribution in [0.5, 0.6) is 0 Å². The van der Waals surface area contributed by atoms with E-state index in [-0.39, 0.29) is 31.1 Å². The molecule has 0 aromatic carbocycles. The lowest BCUT2D eigenvalue weighted by atomic mass is 10.0. The molecule has 0 spiro atoms. The highest BCUT2D eigenvalue weighted by molar-refractivity contribution is 5.71. The van der Waals surface area contributed by atoms with Crippen LogP contribution in [0.1, 0.15) is 278 Å². The lowest BCUT2D eigenvalue weighted by molar-refractivity contribution is -0.167. The first-order chi connectivity index (χ1) is 30.0. The SMILES string of the molecule is CCCCCCC\C=C/C=C\C=C/CCCCCCCC(=O)OCC(COC(=O)CCCCCCCCCCCC)OC(=O)CCCCCCCCCCCCCCCCC. The van der Waals surface area contributed by atoms with Crippen molar-refractivity contribution in [1.82, 2.24) is 0 Å². The van der Waals surface area contributed by atoms with Crippen molar-refractivity contribution < 1.29 is 28.6 Å². The molecule has 61 heavy (non-hydrogen) atoms. The molecule has 0 aliphatic carbocycles. The van der Waals surface area contributed by atoms with E-state index < -0.39 is 6.10 Å². The zero-order valence-corrected chi connectivity index (χ0v) is 40.7. The van der Waals surface area contributed by atoms with Crippen LogP contribution < -0.4 is 0 Å². The first kappa shape index (κ1) is 58.6. The van der Waals surface area contributed by atoms with Gasteiger partial charge in [-0.3, -0.25) is 14.4 Å². The van der Waals surface area contributed by atoms with Gasteiger partial charge >= 0.3 is 17.9 Å². The Bertz CT molecular complexity index is 1030. The van der Waals surface area contributed by atoms with Crippen LogP contribution in [-0.2, 0) is 28.6 Å². The van der Waals surface area contributed by atoms with Crippen LogP contribution >= 0.6 is 0 Å². The fraction of sp³-hybridized carbons (Fsp3) is 0.836. The van der Waals surface area contributed by atoms with Gasteiger partial charge in [0, 0.05) is 19.3 Å². The molecule has 1 atom stereocenters. The van der Waals surface area contributed by atoms with E-state index in [0.29, 0.717) is 19.3 Å². The zero-order valence-electron chi connectivity index (χ0n) is 40.7. The Labute approximate surface area is 378 Å². The lowest BCUT2D eigenvalue weighted by Crippen LogP contribution is -2.30. The summed E-state index contributed by atoms with van der Waals surface area (Å²) in [5.41, 5.74) is 0.